The van der Waals surface area contributed by atoms with Crippen LogP contribution in [-0.2, 0) is 16.0 Å². The monoisotopic (exact) mass is 392 g/mol. The quantitative estimate of drug-likeness (QED) is 0.594. The van der Waals surface area contributed by atoms with Crippen molar-refractivity contribution in [3.63, 3.8) is 0 Å². The number of fused-ring (bicyclic) bond motifs is 2. The minimum Gasteiger partial charge on any atom is -0.356 e. The zero-order valence-corrected chi connectivity index (χ0v) is 17.2. The molecule has 0 aromatic heterocycles. The summed E-state index contributed by atoms with van der Waals surface area (Å²) < 4.78 is 0. The van der Waals surface area contributed by atoms with Gasteiger partial charge in [0, 0.05) is 31.5 Å². The summed E-state index contributed by atoms with van der Waals surface area (Å²) in [5.74, 6) is 2.13. The lowest BCUT2D eigenvalue weighted by molar-refractivity contribution is -0.138. The molecule has 1 saturated heterocycles. The summed E-state index contributed by atoms with van der Waals surface area (Å²) in [6, 6.07) is 10.4. The zero-order chi connectivity index (χ0) is 19.8. The maximum atomic E-state index is 12.9. The minimum atomic E-state index is 0.168. The van der Waals surface area contributed by atoms with E-state index in [1.54, 1.807) is 0 Å². The fourth-order valence-corrected chi connectivity index (χ4v) is 6.01. The Balaban J connectivity index is 1.04. The van der Waals surface area contributed by atoms with Crippen molar-refractivity contribution in [1.29, 1.82) is 0 Å². The second-order valence-corrected chi connectivity index (χ2v) is 9.71. The SMILES string of the molecule is O=C(NCCCc1ccccc1)[C@H]1CC12CCN(C(=O)[C@H]1C[C@@H]3C=C[C@H]1C3)CC2. The van der Waals surface area contributed by atoms with Crippen LogP contribution in [-0.4, -0.2) is 36.3 Å². The Kier molecular flexibility index (Phi) is 4.97. The van der Waals surface area contributed by atoms with E-state index in [0.717, 1.165) is 58.2 Å². The van der Waals surface area contributed by atoms with Crippen LogP contribution in [0.4, 0.5) is 0 Å². The van der Waals surface area contributed by atoms with E-state index in [1.165, 1.54) is 12.0 Å². The molecule has 1 spiro atoms. The molecular weight excluding hydrogens is 360 g/mol. The molecule has 154 valence electrons. The number of nitrogens with zero attached hydrogens (tertiary/aromatic N) is 1. The van der Waals surface area contributed by atoms with Crippen molar-refractivity contribution in [2.24, 2.45) is 29.1 Å². The highest BCUT2D eigenvalue weighted by Crippen LogP contribution is 2.59. The molecule has 2 amide bonds. The van der Waals surface area contributed by atoms with E-state index < -0.39 is 0 Å². The molecule has 0 unspecified atom stereocenters. The lowest BCUT2D eigenvalue weighted by Crippen LogP contribution is -2.44. The third-order valence-electron chi connectivity index (χ3n) is 7.96. The molecule has 2 saturated carbocycles. The largest absolute Gasteiger partial charge is 0.356 e. The number of allylic oxidation sites excluding steroid dienone is 2. The van der Waals surface area contributed by atoms with Gasteiger partial charge in [-0.15, -0.1) is 0 Å². The molecule has 3 aliphatic carbocycles. The molecule has 4 aliphatic rings. The van der Waals surface area contributed by atoms with Crippen molar-refractivity contribution in [1.82, 2.24) is 10.2 Å². The average Bonchev–Trinajstić information content (AvgIpc) is 3.09. The minimum absolute atomic E-state index is 0.168. The Labute approximate surface area is 173 Å². The number of carbonyl (C=O) groups excluding carboxylic acids is 2. The van der Waals surface area contributed by atoms with E-state index in [0.29, 0.717) is 17.7 Å². The molecular formula is C25H32N2O2. The number of carbonyl (C=O) groups is 2. The van der Waals surface area contributed by atoms with Crippen LogP contribution in [0.1, 0.15) is 44.1 Å². The number of hydrogen-bond acceptors (Lipinski definition) is 2. The van der Waals surface area contributed by atoms with E-state index in [2.05, 4.69) is 46.6 Å². The van der Waals surface area contributed by atoms with Crippen molar-refractivity contribution in [3.8, 4) is 0 Å². The first-order valence-electron chi connectivity index (χ1n) is 11.4. The Bertz CT molecular complexity index is 794. The summed E-state index contributed by atoms with van der Waals surface area (Å²) in [5, 5.41) is 3.16. The van der Waals surface area contributed by atoms with Crippen LogP contribution < -0.4 is 5.32 Å². The molecule has 1 aliphatic heterocycles. The molecule has 4 atom stereocenters. The van der Waals surface area contributed by atoms with Gasteiger partial charge in [-0.25, -0.2) is 0 Å². The van der Waals surface area contributed by atoms with E-state index >= 15 is 0 Å². The predicted molar refractivity (Wildman–Crippen MR) is 113 cm³/mol. The third-order valence-corrected chi connectivity index (χ3v) is 7.96. The smallest absolute Gasteiger partial charge is 0.226 e. The number of amides is 2. The number of aryl methyl sites for hydroxylation is 1. The van der Waals surface area contributed by atoms with Crippen molar-refractivity contribution in [2.75, 3.05) is 19.6 Å². The van der Waals surface area contributed by atoms with E-state index in [9.17, 15) is 9.59 Å². The first-order chi connectivity index (χ1) is 14.1. The van der Waals surface area contributed by atoms with Crippen LogP contribution in [0.3, 0.4) is 0 Å². The van der Waals surface area contributed by atoms with Gasteiger partial charge in [0.2, 0.25) is 11.8 Å². The Morgan fingerprint density at radius 2 is 1.86 bits per heavy atom. The normalized spacial score (nSPS) is 31.2. The van der Waals surface area contributed by atoms with Crippen molar-refractivity contribution >= 4 is 11.8 Å². The van der Waals surface area contributed by atoms with Crippen LogP contribution in [0.25, 0.3) is 0 Å². The van der Waals surface area contributed by atoms with Crippen LogP contribution in [0.15, 0.2) is 42.5 Å². The Hall–Kier alpha value is -2.10. The van der Waals surface area contributed by atoms with Gasteiger partial charge in [-0.2, -0.15) is 0 Å². The van der Waals surface area contributed by atoms with Crippen LogP contribution in [0.5, 0.6) is 0 Å². The fraction of sp³-hybridized carbons (Fsp3) is 0.600. The summed E-state index contributed by atoms with van der Waals surface area (Å²) in [7, 11) is 0. The van der Waals surface area contributed by atoms with E-state index in [4.69, 9.17) is 0 Å². The molecule has 3 fully saturated rings. The second-order valence-electron chi connectivity index (χ2n) is 9.71. The Morgan fingerprint density at radius 1 is 1.07 bits per heavy atom. The molecule has 1 N–H and O–H groups in total. The zero-order valence-electron chi connectivity index (χ0n) is 17.2. The number of nitrogens with one attached hydrogen (secondary N) is 1. The maximum Gasteiger partial charge on any atom is 0.226 e. The van der Waals surface area contributed by atoms with Gasteiger partial charge in [-0.1, -0.05) is 42.5 Å². The molecule has 4 heteroatoms. The van der Waals surface area contributed by atoms with Gasteiger partial charge in [0.1, 0.15) is 0 Å². The highest BCUT2D eigenvalue weighted by molar-refractivity contribution is 5.83. The Morgan fingerprint density at radius 3 is 2.55 bits per heavy atom. The van der Waals surface area contributed by atoms with Gasteiger partial charge in [-0.05, 0) is 67.8 Å². The molecule has 1 heterocycles. The topological polar surface area (TPSA) is 49.4 Å². The average molecular weight is 393 g/mol. The molecule has 4 nitrogen and oxygen atoms in total. The van der Waals surface area contributed by atoms with Gasteiger partial charge in [0.05, 0.1) is 0 Å². The number of rotatable bonds is 6. The van der Waals surface area contributed by atoms with Crippen molar-refractivity contribution in [2.45, 2.75) is 44.9 Å². The molecule has 29 heavy (non-hydrogen) atoms. The summed E-state index contributed by atoms with van der Waals surface area (Å²) in [5.41, 5.74) is 1.50. The number of hydrogen-bond donors (Lipinski definition) is 1. The van der Waals surface area contributed by atoms with Crippen molar-refractivity contribution < 1.29 is 9.59 Å². The standard InChI is InChI=1S/C25H32N2O2/c28-23(26-12-4-7-18-5-2-1-3-6-18)22-17-25(22)10-13-27(14-11-25)24(29)21-16-19-8-9-20(21)15-19/h1-3,5-6,8-9,19-22H,4,7,10-17H2,(H,26,28)/t19-,20+,21+,22-/m1/s1. The lowest BCUT2D eigenvalue weighted by Gasteiger charge is -2.35. The highest BCUT2D eigenvalue weighted by atomic mass is 16.2. The predicted octanol–water partition coefficient (Wildman–Crippen LogP) is 3.58. The molecule has 0 radical (unpaired) electrons. The number of piperidine rings is 1. The van der Waals surface area contributed by atoms with Crippen LogP contribution in [0.2, 0.25) is 0 Å². The van der Waals surface area contributed by atoms with Gasteiger partial charge in [0.15, 0.2) is 0 Å². The summed E-state index contributed by atoms with van der Waals surface area (Å²) in [4.78, 5) is 27.6. The third kappa shape index (κ3) is 3.74. The van der Waals surface area contributed by atoms with Gasteiger partial charge >= 0.3 is 0 Å². The highest BCUT2D eigenvalue weighted by Gasteiger charge is 2.59. The second kappa shape index (κ2) is 7.62. The lowest BCUT2D eigenvalue weighted by atomic mass is 9.87. The van der Waals surface area contributed by atoms with E-state index in [1.807, 2.05) is 6.07 Å². The summed E-state index contributed by atoms with van der Waals surface area (Å²) in [6.07, 6.45) is 11.8. The summed E-state index contributed by atoms with van der Waals surface area (Å²) in [6.45, 7) is 2.44. The number of benzene rings is 1. The van der Waals surface area contributed by atoms with Gasteiger partial charge in [-0.3, -0.25) is 9.59 Å². The first-order valence-corrected chi connectivity index (χ1v) is 11.4. The maximum absolute atomic E-state index is 12.9. The number of likely N-dealkylation sites (tertiary alicyclic amines) is 1. The first kappa shape index (κ1) is 18.9. The van der Waals surface area contributed by atoms with Crippen molar-refractivity contribution in [3.05, 3.63) is 48.0 Å². The van der Waals surface area contributed by atoms with Gasteiger partial charge < -0.3 is 10.2 Å². The molecule has 5 rings (SSSR count). The van der Waals surface area contributed by atoms with Crippen LogP contribution >= 0.6 is 0 Å². The van der Waals surface area contributed by atoms with E-state index in [-0.39, 0.29) is 23.2 Å². The fourth-order valence-electron chi connectivity index (χ4n) is 6.01. The van der Waals surface area contributed by atoms with Gasteiger partial charge in [0.25, 0.3) is 0 Å². The summed E-state index contributed by atoms with van der Waals surface area (Å²) >= 11 is 0. The molecule has 2 bridgehead atoms. The van der Waals surface area contributed by atoms with Crippen LogP contribution in [0, 0.1) is 29.1 Å². The molecule has 1 aromatic carbocycles. The molecule has 1 aromatic rings.